The van der Waals surface area contributed by atoms with Crippen LogP contribution in [0.25, 0.3) is 22.8 Å². The summed E-state index contributed by atoms with van der Waals surface area (Å²) >= 11 is 0. The molecule has 0 spiro atoms. The monoisotopic (exact) mass is 234 g/mol. The van der Waals surface area contributed by atoms with Gasteiger partial charge in [0, 0.05) is 0 Å². The van der Waals surface area contributed by atoms with Gasteiger partial charge in [0.05, 0.1) is 0 Å². The average molecular weight is 234 g/mol. The summed E-state index contributed by atoms with van der Waals surface area (Å²) in [5.41, 5.74) is 4.45. The predicted molar refractivity (Wildman–Crippen MR) is 57.1 cm³/mol. The summed E-state index contributed by atoms with van der Waals surface area (Å²) in [6.45, 7) is 0. The first kappa shape index (κ1) is 9.33. The molecule has 10 heteroatoms. The minimum Gasteiger partial charge on any atom is -0.366 e. The van der Waals surface area contributed by atoms with Crippen molar-refractivity contribution < 1.29 is 0 Å². The summed E-state index contributed by atoms with van der Waals surface area (Å²) in [4.78, 5) is 37.5. The molecule has 3 rings (SSSR count). The summed E-state index contributed by atoms with van der Waals surface area (Å²) in [5.74, 6) is 0.596. The van der Waals surface area contributed by atoms with Gasteiger partial charge in [0.15, 0.2) is 17.3 Å². The third kappa shape index (κ3) is 1.39. The second-order valence-corrected chi connectivity index (χ2v) is 3.26. The van der Waals surface area contributed by atoms with Gasteiger partial charge in [0.1, 0.15) is 5.52 Å². The Bertz CT molecular complexity index is 805. The molecule has 0 amide bonds. The zero-order valence-corrected chi connectivity index (χ0v) is 8.24. The molecule has 86 valence electrons. The standard InChI is InChI=1S/C7H6N8O2/c8-6-11-4(14-15-6)3-9-1-2(10-3)12-7(17)13-5(1)16/h(H3,8,11,14,15)(H3,9,10,12,13,16,17). The Morgan fingerprint density at radius 3 is 2.53 bits per heavy atom. The van der Waals surface area contributed by atoms with E-state index in [1.807, 2.05) is 0 Å². The minimum atomic E-state index is -0.627. The molecule has 0 aliphatic carbocycles. The minimum absolute atomic E-state index is 0.0582. The first-order valence-electron chi connectivity index (χ1n) is 4.54. The van der Waals surface area contributed by atoms with E-state index in [0.717, 1.165) is 0 Å². The molecule has 0 saturated carbocycles. The lowest BCUT2D eigenvalue weighted by molar-refractivity contribution is 1.07. The number of hydrogen-bond acceptors (Lipinski definition) is 6. The van der Waals surface area contributed by atoms with Crippen LogP contribution < -0.4 is 17.0 Å². The molecular weight excluding hydrogens is 228 g/mol. The summed E-state index contributed by atoms with van der Waals surface area (Å²) in [5, 5.41) is 6.16. The van der Waals surface area contributed by atoms with Crippen LogP contribution in [0.3, 0.4) is 0 Å². The molecule has 0 aliphatic heterocycles. The van der Waals surface area contributed by atoms with E-state index in [-0.39, 0.29) is 28.8 Å². The number of fused-ring (bicyclic) bond motifs is 1. The van der Waals surface area contributed by atoms with Crippen LogP contribution in [0.2, 0.25) is 0 Å². The summed E-state index contributed by atoms with van der Waals surface area (Å²) in [6.07, 6.45) is 0. The molecule has 0 unspecified atom stereocenters. The van der Waals surface area contributed by atoms with Gasteiger partial charge in [-0.2, -0.15) is 4.98 Å². The van der Waals surface area contributed by atoms with Crippen molar-refractivity contribution in [2.24, 2.45) is 0 Å². The van der Waals surface area contributed by atoms with Gasteiger partial charge in [0.2, 0.25) is 5.95 Å². The smallest absolute Gasteiger partial charge is 0.327 e. The number of imidazole rings is 1. The molecule has 0 fully saturated rings. The van der Waals surface area contributed by atoms with Crippen LogP contribution in [-0.2, 0) is 0 Å². The number of rotatable bonds is 1. The fourth-order valence-corrected chi connectivity index (χ4v) is 1.43. The number of aromatic amines is 4. The zero-order valence-electron chi connectivity index (χ0n) is 8.24. The molecule has 17 heavy (non-hydrogen) atoms. The topological polar surface area (TPSA) is 162 Å². The molecule has 0 aromatic carbocycles. The van der Waals surface area contributed by atoms with Gasteiger partial charge in [0.25, 0.3) is 5.56 Å². The van der Waals surface area contributed by atoms with Gasteiger partial charge in [-0.3, -0.25) is 19.9 Å². The van der Waals surface area contributed by atoms with Gasteiger partial charge in [-0.1, -0.05) is 0 Å². The molecular formula is C7H6N8O2. The van der Waals surface area contributed by atoms with Crippen molar-refractivity contribution in [3.8, 4) is 11.6 Å². The maximum atomic E-state index is 11.4. The number of H-pyrrole nitrogens is 4. The molecule has 10 nitrogen and oxygen atoms in total. The summed E-state index contributed by atoms with van der Waals surface area (Å²) < 4.78 is 0. The van der Waals surface area contributed by atoms with Crippen LogP contribution in [0.1, 0.15) is 0 Å². The Morgan fingerprint density at radius 1 is 1.00 bits per heavy atom. The van der Waals surface area contributed by atoms with Crippen molar-refractivity contribution >= 4 is 17.1 Å². The van der Waals surface area contributed by atoms with Crippen LogP contribution >= 0.6 is 0 Å². The lowest BCUT2D eigenvalue weighted by Gasteiger charge is -1.84. The molecule has 3 aromatic rings. The lowest BCUT2D eigenvalue weighted by Crippen LogP contribution is -2.21. The molecule has 3 heterocycles. The molecule has 3 aromatic heterocycles. The Balaban J connectivity index is 2.30. The Hall–Kier alpha value is -2.91. The van der Waals surface area contributed by atoms with E-state index in [1.165, 1.54) is 0 Å². The lowest BCUT2D eigenvalue weighted by atomic mass is 10.5. The quantitative estimate of drug-likeness (QED) is 0.337. The van der Waals surface area contributed by atoms with E-state index in [4.69, 9.17) is 5.73 Å². The molecule has 0 atom stereocenters. The largest absolute Gasteiger partial charge is 0.366 e. The molecule has 0 saturated heterocycles. The van der Waals surface area contributed by atoms with Crippen LogP contribution in [0, 0.1) is 0 Å². The van der Waals surface area contributed by atoms with Crippen LogP contribution in [0.15, 0.2) is 9.59 Å². The number of nitrogens with two attached hydrogens (primary N) is 1. The van der Waals surface area contributed by atoms with Crippen molar-refractivity contribution in [1.29, 1.82) is 0 Å². The number of anilines is 1. The number of nitrogen functional groups attached to an aromatic ring is 1. The van der Waals surface area contributed by atoms with Gasteiger partial charge < -0.3 is 10.7 Å². The van der Waals surface area contributed by atoms with E-state index >= 15 is 0 Å². The molecule has 0 bridgehead atoms. The normalized spacial score (nSPS) is 11.1. The summed E-state index contributed by atoms with van der Waals surface area (Å²) in [7, 11) is 0. The fraction of sp³-hybridized carbons (Fsp3) is 0. The Morgan fingerprint density at radius 2 is 1.82 bits per heavy atom. The highest BCUT2D eigenvalue weighted by molar-refractivity contribution is 5.72. The maximum absolute atomic E-state index is 11.4. The van der Waals surface area contributed by atoms with Gasteiger partial charge in [-0.05, 0) is 0 Å². The van der Waals surface area contributed by atoms with Crippen LogP contribution in [0.4, 0.5) is 5.95 Å². The van der Waals surface area contributed by atoms with E-state index in [0.29, 0.717) is 0 Å². The third-order valence-corrected chi connectivity index (χ3v) is 2.12. The van der Waals surface area contributed by atoms with Crippen molar-refractivity contribution in [1.82, 2.24) is 35.1 Å². The second-order valence-electron chi connectivity index (χ2n) is 3.26. The van der Waals surface area contributed by atoms with Crippen molar-refractivity contribution in [3.05, 3.63) is 20.8 Å². The number of hydrogen-bond donors (Lipinski definition) is 5. The SMILES string of the molecule is Nc1n[nH]c(-c2nc3[nH]c(=O)[nH]c(=O)c3[nH]2)n1. The first-order chi connectivity index (χ1) is 8.13. The van der Waals surface area contributed by atoms with Gasteiger partial charge in [-0.15, -0.1) is 5.10 Å². The van der Waals surface area contributed by atoms with Crippen molar-refractivity contribution in [3.63, 3.8) is 0 Å². The van der Waals surface area contributed by atoms with Gasteiger partial charge >= 0.3 is 5.69 Å². The molecule has 0 radical (unpaired) electrons. The molecule has 6 N–H and O–H groups in total. The van der Waals surface area contributed by atoms with E-state index in [2.05, 4.69) is 35.1 Å². The highest BCUT2D eigenvalue weighted by Gasteiger charge is 2.11. The van der Waals surface area contributed by atoms with Gasteiger partial charge in [-0.25, -0.2) is 9.78 Å². The first-order valence-corrected chi connectivity index (χ1v) is 4.54. The van der Waals surface area contributed by atoms with Crippen molar-refractivity contribution in [2.75, 3.05) is 5.73 Å². The van der Waals surface area contributed by atoms with E-state index in [1.54, 1.807) is 0 Å². The maximum Gasteiger partial charge on any atom is 0.327 e. The Labute approximate surface area is 91.3 Å². The number of aromatic nitrogens is 7. The van der Waals surface area contributed by atoms with Crippen LogP contribution in [0.5, 0.6) is 0 Å². The average Bonchev–Trinajstić information content (AvgIpc) is 2.83. The predicted octanol–water partition coefficient (Wildman–Crippen LogP) is -1.69. The third-order valence-electron chi connectivity index (χ3n) is 2.12. The highest BCUT2D eigenvalue weighted by atomic mass is 16.2. The molecule has 0 aliphatic rings. The fourth-order valence-electron chi connectivity index (χ4n) is 1.43. The van der Waals surface area contributed by atoms with Crippen molar-refractivity contribution in [2.45, 2.75) is 0 Å². The van der Waals surface area contributed by atoms with E-state index < -0.39 is 11.2 Å². The second kappa shape index (κ2) is 3.04. The zero-order chi connectivity index (χ0) is 12.0. The number of nitrogens with one attached hydrogen (secondary N) is 4. The Kier molecular flexibility index (Phi) is 1.67. The number of nitrogens with zero attached hydrogens (tertiary/aromatic N) is 3. The van der Waals surface area contributed by atoms with E-state index in [9.17, 15) is 9.59 Å². The van der Waals surface area contributed by atoms with Crippen LogP contribution in [-0.4, -0.2) is 35.1 Å². The summed E-state index contributed by atoms with van der Waals surface area (Å²) in [6, 6.07) is 0. The highest BCUT2D eigenvalue weighted by Crippen LogP contribution is 2.12.